The molecular weight excluding hydrogens is 213 g/mol. The maximum Gasteiger partial charge on any atom is 0.227 e. The van der Waals surface area contributed by atoms with Gasteiger partial charge in [-0.25, -0.2) is 4.39 Å². The van der Waals surface area contributed by atoms with Crippen LogP contribution in [-0.4, -0.2) is 29.3 Å². The molecule has 1 amide bonds. The third-order valence-electron chi connectivity index (χ3n) is 2.69. The summed E-state index contributed by atoms with van der Waals surface area (Å²) in [6.45, 7) is 0.227. The maximum absolute atomic E-state index is 13.0. The zero-order valence-corrected chi connectivity index (χ0v) is 8.56. The first-order chi connectivity index (χ1) is 7.61. The first-order valence-electron chi connectivity index (χ1n) is 5.01. The van der Waals surface area contributed by atoms with Gasteiger partial charge in [-0.15, -0.1) is 0 Å². The van der Waals surface area contributed by atoms with Gasteiger partial charge in [-0.3, -0.25) is 4.79 Å². The molecule has 1 aliphatic heterocycles. The number of halogens is 1. The molecule has 0 aromatic heterocycles. The van der Waals surface area contributed by atoms with E-state index in [0.29, 0.717) is 6.54 Å². The fourth-order valence-corrected chi connectivity index (χ4v) is 1.85. The van der Waals surface area contributed by atoms with Crippen molar-refractivity contribution >= 4 is 11.6 Å². The molecule has 5 heteroatoms. The van der Waals surface area contributed by atoms with Crippen LogP contribution in [0.25, 0.3) is 0 Å². The fourth-order valence-electron chi connectivity index (χ4n) is 1.85. The van der Waals surface area contributed by atoms with Gasteiger partial charge in [0.05, 0.1) is 5.69 Å². The largest absolute Gasteiger partial charge is 0.506 e. The predicted molar refractivity (Wildman–Crippen MR) is 55.6 cm³/mol. The molecule has 2 rings (SSSR count). The molecule has 1 saturated heterocycles. The molecule has 0 aliphatic carbocycles. The van der Waals surface area contributed by atoms with Gasteiger partial charge in [0.25, 0.3) is 0 Å². The van der Waals surface area contributed by atoms with Crippen molar-refractivity contribution in [3.63, 3.8) is 0 Å². The first kappa shape index (κ1) is 10.9. The number of phenolic OH excluding ortho intramolecular Hbond substituents is 1. The van der Waals surface area contributed by atoms with Crippen molar-refractivity contribution in [1.82, 2.24) is 0 Å². The van der Waals surface area contributed by atoms with Gasteiger partial charge in [-0.1, -0.05) is 0 Å². The van der Waals surface area contributed by atoms with Crippen LogP contribution in [0.5, 0.6) is 5.75 Å². The van der Waals surface area contributed by atoms with Gasteiger partial charge in [-0.2, -0.15) is 0 Å². The third kappa shape index (κ3) is 1.86. The minimum atomic E-state index is -0.506. The predicted octanol–water partition coefficient (Wildman–Crippen LogP) is 0.876. The molecule has 1 aromatic rings. The zero-order valence-electron chi connectivity index (χ0n) is 8.56. The van der Waals surface area contributed by atoms with Crippen molar-refractivity contribution in [1.29, 1.82) is 0 Å². The summed E-state index contributed by atoms with van der Waals surface area (Å²) in [6, 6.07) is 3.46. The molecule has 1 unspecified atom stereocenters. The van der Waals surface area contributed by atoms with Crippen molar-refractivity contribution in [3.05, 3.63) is 24.0 Å². The zero-order chi connectivity index (χ0) is 11.7. The quantitative estimate of drug-likeness (QED) is 0.785. The topological polar surface area (TPSA) is 60.8 Å². The smallest absolute Gasteiger partial charge is 0.227 e. The number of carbonyl (C=O) groups is 1. The third-order valence-corrected chi connectivity index (χ3v) is 2.69. The molecule has 1 fully saturated rings. The van der Waals surface area contributed by atoms with E-state index in [9.17, 15) is 14.3 Å². The SMILES string of the molecule is O=C1CC(CO)CN1c1cc(F)ccc1O. The number of nitrogens with zero attached hydrogens (tertiary/aromatic N) is 1. The molecule has 1 aliphatic rings. The number of amides is 1. The van der Waals surface area contributed by atoms with Gasteiger partial charge in [0, 0.05) is 31.6 Å². The molecule has 0 radical (unpaired) electrons. The van der Waals surface area contributed by atoms with Gasteiger partial charge < -0.3 is 15.1 Å². The van der Waals surface area contributed by atoms with E-state index >= 15 is 0 Å². The molecule has 16 heavy (non-hydrogen) atoms. The Balaban J connectivity index is 2.30. The van der Waals surface area contributed by atoms with Crippen molar-refractivity contribution < 1.29 is 19.4 Å². The summed E-state index contributed by atoms with van der Waals surface area (Å²) in [7, 11) is 0. The van der Waals surface area contributed by atoms with Gasteiger partial charge in [0.2, 0.25) is 5.91 Å². The number of aliphatic hydroxyl groups is 1. The Morgan fingerprint density at radius 1 is 1.50 bits per heavy atom. The molecule has 0 saturated carbocycles. The molecule has 0 spiro atoms. The molecule has 86 valence electrons. The molecule has 1 heterocycles. The Bertz CT molecular complexity index is 422. The van der Waals surface area contributed by atoms with Crippen LogP contribution in [0.4, 0.5) is 10.1 Å². The highest BCUT2D eigenvalue weighted by Crippen LogP contribution is 2.32. The van der Waals surface area contributed by atoms with Crippen LogP contribution in [0.3, 0.4) is 0 Å². The van der Waals surface area contributed by atoms with E-state index < -0.39 is 5.82 Å². The fraction of sp³-hybridized carbons (Fsp3) is 0.364. The monoisotopic (exact) mass is 225 g/mol. The molecule has 1 aromatic carbocycles. The van der Waals surface area contributed by atoms with E-state index in [1.54, 1.807) is 0 Å². The summed E-state index contributed by atoms with van der Waals surface area (Å²) in [4.78, 5) is 12.9. The lowest BCUT2D eigenvalue weighted by atomic mass is 10.1. The minimum absolute atomic E-state index is 0.0850. The summed E-state index contributed by atoms with van der Waals surface area (Å²) in [5, 5.41) is 18.5. The lowest BCUT2D eigenvalue weighted by Gasteiger charge is -2.17. The molecule has 2 N–H and O–H groups in total. The second-order valence-electron chi connectivity index (χ2n) is 3.89. The Kier molecular flexibility index (Phi) is 2.78. The second kappa shape index (κ2) is 4.09. The summed E-state index contributed by atoms with van der Waals surface area (Å²) >= 11 is 0. The minimum Gasteiger partial charge on any atom is -0.506 e. The number of hydrogen-bond donors (Lipinski definition) is 2. The Morgan fingerprint density at radius 2 is 2.25 bits per heavy atom. The van der Waals surface area contributed by atoms with Gasteiger partial charge in [-0.05, 0) is 12.1 Å². The molecule has 4 nitrogen and oxygen atoms in total. The summed E-state index contributed by atoms with van der Waals surface area (Å²) in [5.41, 5.74) is 0.168. The summed E-state index contributed by atoms with van der Waals surface area (Å²) in [5.74, 6) is -0.989. The number of aliphatic hydroxyl groups excluding tert-OH is 1. The lowest BCUT2D eigenvalue weighted by Crippen LogP contribution is -2.25. The van der Waals surface area contributed by atoms with Crippen LogP contribution in [0.2, 0.25) is 0 Å². The highest BCUT2D eigenvalue weighted by atomic mass is 19.1. The van der Waals surface area contributed by atoms with E-state index in [1.807, 2.05) is 0 Å². The van der Waals surface area contributed by atoms with Gasteiger partial charge in [0.1, 0.15) is 11.6 Å². The van der Waals surface area contributed by atoms with Crippen LogP contribution in [-0.2, 0) is 4.79 Å². The normalized spacial score (nSPS) is 20.5. The van der Waals surface area contributed by atoms with E-state index in [1.165, 1.54) is 11.0 Å². The van der Waals surface area contributed by atoms with Crippen LogP contribution in [0.1, 0.15) is 6.42 Å². The number of benzene rings is 1. The summed E-state index contributed by atoms with van der Waals surface area (Å²) in [6.07, 6.45) is 0.229. The van der Waals surface area contributed by atoms with Gasteiger partial charge >= 0.3 is 0 Å². The number of anilines is 1. The highest BCUT2D eigenvalue weighted by Gasteiger charge is 2.31. The van der Waals surface area contributed by atoms with E-state index in [4.69, 9.17) is 5.11 Å². The van der Waals surface area contributed by atoms with Crippen LogP contribution in [0, 0.1) is 11.7 Å². The molecule has 1 atom stereocenters. The number of phenols is 1. The van der Waals surface area contributed by atoms with E-state index in [0.717, 1.165) is 12.1 Å². The first-order valence-corrected chi connectivity index (χ1v) is 5.01. The summed E-state index contributed by atoms with van der Waals surface area (Å²) < 4.78 is 13.0. The maximum atomic E-state index is 13.0. The van der Waals surface area contributed by atoms with Crippen LogP contribution >= 0.6 is 0 Å². The molecule has 0 bridgehead atoms. The Hall–Kier alpha value is -1.62. The lowest BCUT2D eigenvalue weighted by molar-refractivity contribution is -0.117. The van der Waals surface area contributed by atoms with Crippen molar-refractivity contribution in [2.45, 2.75) is 6.42 Å². The van der Waals surface area contributed by atoms with Crippen molar-refractivity contribution in [3.8, 4) is 5.75 Å². The van der Waals surface area contributed by atoms with E-state index in [2.05, 4.69) is 0 Å². The van der Waals surface area contributed by atoms with Crippen molar-refractivity contribution in [2.24, 2.45) is 5.92 Å². The average molecular weight is 225 g/mol. The number of rotatable bonds is 2. The van der Waals surface area contributed by atoms with Gasteiger partial charge in [0.15, 0.2) is 0 Å². The number of carbonyl (C=O) groups excluding carboxylic acids is 1. The standard InChI is InChI=1S/C11H12FNO3/c12-8-1-2-10(15)9(4-8)13-5-7(6-14)3-11(13)16/h1-2,4,7,14-15H,3,5-6H2. The molecular formula is C11H12FNO3. The number of hydrogen-bond acceptors (Lipinski definition) is 3. The Morgan fingerprint density at radius 3 is 2.88 bits per heavy atom. The average Bonchev–Trinajstić information content (AvgIpc) is 2.63. The second-order valence-corrected chi connectivity index (χ2v) is 3.89. The van der Waals surface area contributed by atoms with Crippen molar-refractivity contribution in [2.75, 3.05) is 18.1 Å². The Labute approximate surface area is 91.9 Å². The van der Waals surface area contributed by atoms with E-state index in [-0.39, 0.29) is 36.3 Å². The van der Waals surface area contributed by atoms with Crippen LogP contribution in [0.15, 0.2) is 18.2 Å². The number of aromatic hydroxyl groups is 1. The van der Waals surface area contributed by atoms with Crippen LogP contribution < -0.4 is 4.90 Å². The highest BCUT2D eigenvalue weighted by molar-refractivity contribution is 5.97.